The van der Waals surface area contributed by atoms with Crippen LogP contribution in [0.5, 0.6) is 0 Å². The molecule has 0 aliphatic carbocycles. The van der Waals surface area contributed by atoms with Gasteiger partial charge in [0.1, 0.15) is 0 Å². The van der Waals surface area contributed by atoms with E-state index in [4.69, 9.17) is 11.6 Å². The summed E-state index contributed by atoms with van der Waals surface area (Å²) in [5, 5.41) is 12.4. The zero-order valence-electron chi connectivity index (χ0n) is 15.8. The predicted molar refractivity (Wildman–Crippen MR) is 115 cm³/mol. The van der Waals surface area contributed by atoms with Gasteiger partial charge in [0.05, 0.1) is 6.20 Å². The maximum Gasteiger partial charge on any atom is 0.249 e. The van der Waals surface area contributed by atoms with Gasteiger partial charge in [0.15, 0.2) is 5.82 Å². The van der Waals surface area contributed by atoms with Crippen LogP contribution in [0.3, 0.4) is 0 Å². The highest BCUT2D eigenvalue weighted by Crippen LogP contribution is 2.23. The molecule has 0 bridgehead atoms. The van der Waals surface area contributed by atoms with Crippen LogP contribution in [0.4, 0.5) is 23.1 Å². The lowest BCUT2D eigenvalue weighted by Gasteiger charge is -2.36. The van der Waals surface area contributed by atoms with Crippen molar-refractivity contribution in [3.63, 3.8) is 0 Å². The number of nitrogens with zero attached hydrogens (tertiary/aromatic N) is 5. The van der Waals surface area contributed by atoms with Crippen molar-refractivity contribution in [2.75, 3.05) is 41.3 Å². The van der Waals surface area contributed by atoms with E-state index in [0.29, 0.717) is 5.95 Å². The van der Waals surface area contributed by atoms with E-state index in [0.717, 1.165) is 54.8 Å². The van der Waals surface area contributed by atoms with Crippen molar-refractivity contribution in [3.8, 4) is 0 Å². The van der Waals surface area contributed by atoms with Gasteiger partial charge in [-0.1, -0.05) is 42.8 Å². The van der Waals surface area contributed by atoms with E-state index in [9.17, 15) is 0 Å². The summed E-state index contributed by atoms with van der Waals surface area (Å²) in [4.78, 5) is 9.26. The molecule has 7 heteroatoms. The van der Waals surface area contributed by atoms with Gasteiger partial charge in [0.2, 0.25) is 5.95 Å². The molecule has 6 nitrogen and oxygen atoms in total. The molecular weight excluding hydrogens is 372 g/mol. The number of anilines is 4. The van der Waals surface area contributed by atoms with Gasteiger partial charge in [-0.25, -0.2) is 0 Å². The molecule has 2 aromatic carbocycles. The first-order valence-electron chi connectivity index (χ1n) is 9.53. The van der Waals surface area contributed by atoms with Crippen LogP contribution >= 0.6 is 11.6 Å². The molecular formula is C21H23ClN6. The summed E-state index contributed by atoms with van der Waals surface area (Å²) in [5.74, 6) is 1.37. The smallest absolute Gasteiger partial charge is 0.249 e. The number of piperazine rings is 1. The van der Waals surface area contributed by atoms with Crippen LogP contribution in [0.2, 0.25) is 5.02 Å². The number of aromatic nitrogens is 3. The third-order valence-electron chi connectivity index (χ3n) is 4.97. The molecule has 1 aliphatic heterocycles. The number of para-hydroxylation sites is 1. The molecule has 1 aromatic heterocycles. The van der Waals surface area contributed by atoms with E-state index < -0.39 is 0 Å². The molecule has 4 rings (SSSR count). The fourth-order valence-electron chi connectivity index (χ4n) is 3.44. The Balaban J connectivity index is 1.44. The zero-order chi connectivity index (χ0) is 19.3. The number of rotatable bonds is 5. The molecule has 3 aromatic rings. The van der Waals surface area contributed by atoms with Crippen molar-refractivity contribution < 1.29 is 0 Å². The first kappa shape index (κ1) is 18.5. The van der Waals surface area contributed by atoms with Gasteiger partial charge < -0.3 is 15.1 Å². The average Bonchev–Trinajstić information content (AvgIpc) is 2.74. The molecule has 2 heterocycles. The minimum atomic E-state index is 0.524. The Morgan fingerprint density at radius 3 is 2.57 bits per heavy atom. The van der Waals surface area contributed by atoms with E-state index in [1.54, 1.807) is 6.20 Å². The lowest BCUT2D eigenvalue weighted by atomic mass is 10.1. The molecule has 144 valence electrons. The van der Waals surface area contributed by atoms with Gasteiger partial charge in [-0.15, -0.1) is 5.10 Å². The highest BCUT2D eigenvalue weighted by atomic mass is 35.5. The van der Waals surface area contributed by atoms with Crippen LogP contribution < -0.4 is 15.1 Å². The molecule has 0 amide bonds. The lowest BCUT2D eigenvalue weighted by Crippen LogP contribution is -2.46. The Morgan fingerprint density at radius 2 is 1.79 bits per heavy atom. The molecule has 0 radical (unpaired) electrons. The Morgan fingerprint density at radius 1 is 1.00 bits per heavy atom. The highest BCUT2D eigenvalue weighted by Gasteiger charge is 2.19. The number of benzene rings is 2. The highest BCUT2D eigenvalue weighted by molar-refractivity contribution is 6.30. The fraction of sp³-hybridized carbons (Fsp3) is 0.286. The maximum absolute atomic E-state index is 6.12. The first-order valence-corrected chi connectivity index (χ1v) is 9.91. The molecule has 0 atom stereocenters. The van der Waals surface area contributed by atoms with Crippen molar-refractivity contribution >= 4 is 34.7 Å². The number of aryl methyl sites for hydroxylation is 1. The maximum atomic E-state index is 6.12. The van der Waals surface area contributed by atoms with Gasteiger partial charge in [-0.2, -0.15) is 10.1 Å². The molecule has 1 N–H and O–H groups in total. The molecule has 1 fully saturated rings. The molecule has 1 aliphatic rings. The van der Waals surface area contributed by atoms with Crippen molar-refractivity contribution in [2.45, 2.75) is 13.3 Å². The molecule has 0 unspecified atom stereocenters. The van der Waals surface area contributed by atoms with Crippen LogP contribution in [0.25, 0.3) is 0 Å². The third-order valence-corrected chi connectivity index (χ3v) is 5.20. The second kappa shape index (κ2) is 8.44. The van der Waals surface area contributed by atoms with E-state index in [1.165, 1.54) is 5.56 Å². The number of hydrogen-bond acceptors (Lipinski definition) is 6. The first-order chi connectivity index (χ1) is 13.7. The van der Waals surface area contributed by atoms with Crippen LogP contribution in [0, 0.1) is 0 Å². The van der Waals surface area contributed by atoms with Gasteiger partial charge in [0, 0.05) is 42.6 Å². The summed E-state index contributed by atoms with van der Waals surface area (Å²) in [6, 6.07) is 16.2. The second-order valence-corrected chi connectivity index (χ2v) is 7.16. The minimum Gasteiger partial charge on any atom is -0.368 e. The summed E-state index contributed by atoms with van der Waals surface area (Å²) in [5.41, 5.74) is 3.41. The number of nitrogens with one attached hydrogen (secondary N) is 1. The molecule has 28 heavy (non-hydrogen) atoms. The van der Waals surface area contributed by atoms with Gasteiger partial charge in [0.25, 0.3) is 0 Å². The van der Waals surface area contributed by atoms with Gasteiger partial charge in [-0.3, -0.25) is 0 Å². The normalized spacial score (nSPS) is 14.2. The largest absolute Gasteiger partial charge is 0.368 e. The van der Waals surface area contributed by atoms with E-state index in [2.05, 4.69) is 49.4 Å². The second-order valence-electron chi connectivity index (χ2n) is 6.73. The fourth-order valence-corrected chi connectivity index (χ4v) is 3.62. The Kier molecular flexibility index (Phi) is 5.58. The summed E-state index contributed by atoms with van der Waals surface area (Å²) >= 11 is 6.12. The monoisotopic (exact) mass is 394 g/mol. The minimum absolute atomic E-state index is 0.524. The average molecular weight is 395 g/mol. The Hall–Kier alpha value is -2.86. The Labute approximate surface area is 170 Å². The molecule has 0 spiro atoms. The van der Waals surface area contributed by atoms with Crippen LogP contribution in [-0.4, -0.2) is 41.4 Å². The van der Waals surface area contributed by atoms with E-state index in [1.807, 2.05) is 36.4 Å². The topological polar surface area (TPSA) is 57.2 Å². The summed E-state index contributed by atoms with van der Waals surface area (Å²) in [6.45, 7) is 5.69. The summed E-state index contributed by atoms with van der Waals surface area (Å²) in [7, 11) is 0. The zero-order valence-corrected chi connectivity index (χ0v) is 16.6. The van der Waals surface area contributed by atoms with Crippen LogP contribution in [0.1, 0.15) is 12.5 Å². The van der Waals surface area contributed by atoms with Crippen molar-refractivity contribution in [2.24, 2.45) is 0 Å². The van der Waals surface area contributed by atoms with E-state index in [-0.39, 0.29) is 0 Å². The SMILES string of the molecule is CCc1ccccc1Nc1nncc(N2CCN(c3cccc(Cl)c3)CC2)n1. The number of halogens is 1. The van der Waals surface area contributed by atoms with Crippen molar-refractivity contribution in [3.05, 3.63) is 65.3 Å². The van der Waals surface area contributed by atoms with E-state index >= 15 is 0 Å². The number of hydrogen-bond donors (Lipinski definition) is 1. The summed E-state index contributed by atoms with van der Waals surface area (Å²) in [6.07, 6.45) is 2.67. The molecule has 1 saturated heterocycles. The third kappa shape index (κ3) is 4.17. The lowest BCUT2D eigenvalue weighted by molar-refractivity contribution is 0.645. The van der Waals surface area contributed by atoms with Gasteiger partial charge in [-0.05, 0) is 36.2 Å². The quantitative estimate of drug-likeness (QED) is 0.701. The van der Waals surface area contributed by atoms with Gasteiger partial charge >= 0.3 is 0 Å². The van der Waals surface area contributed by atoms with Crippen molar-refractivity contribution in [1.82, 2.24) is 15.2 Å². The summed E-state index contributed by atoms with van der Waals surface area (Å²) < 4.78 is 0. The predicted octanol–water partition coefficient (Wildman–Crippen LogP) is 4.16. The van der Waals surface area contributed by atoms with Crippen LogP contribution in [0.15, 0.2) is 54.7 Å². The molecule has 0 saturated carbocycles. The Bertz CT molecular complexity index is 939. The van der Waals surface area contributed by atoms with Crippen molar-refractivity contribution in [1.29, 1.82) is 0 Å². The van der Waals surface area contributed by atoms with Crippen LogP contribution in [-0.2, 0) is 6.42 Å². The standard InChI is InChI=1S/C21H23ClN6/c1-2-16-6-3-4-9-19(16)24-21-25-20(15-23-26-21)28-12-10-27(11-13-28)18-8-5-7-17(22)14-18/h3-9,14-15H,2,10-13H2,1H3,(H,24,25,26).